The number of nitro benzene ring substituents is 1. The van der Waals surface area contributed by atoms with Crippen LogP contribution in [0.15, 0.2) is 24.3 Å². The van der Waals surface area contributed by atoms with Crippen molar-refractivity contribution in [1.82, 2.24) is 0 Å². The van der Waals surface area contributed by atoms with Crippen LogP contribution in [0.25, 0.3) is 0 Å². The van der Waals surface area contributed by atoms with E-state index in [0.29, 0.717) is 18.3 Å². The number of hydrogen-bond acceptors (Lipinski definition) is 2. The number of nitro groups is 1. The van der Waals surface area contributed by atoms with E-state index < -0.39 is 0 Å². The monoisotopic (exact) mass is 267 g/mol. The molecular formula is C14H18ClNO2. The van der Waals surface area contributed by atoms with Crippen LogP contribution in [0.1, 0.15) is 31.7 Å². The SMILES string of the molecule is CC1CCCC1C(Cl)Cc1ccccc1[N+](=O)[O-]. The van der Waals surface area contributed by atoms with Gasteiger partial charge in [-0.25, -0.2) is 0 Å². The molecule has 1 saturated carbocycles. The second-order valence-corrected chi connectivity index (χ2v) is 5.74. The van der Waals surface area contributed by atoms with Gasteiger partial charge in [-0.15, -0.1) is 11.6 Å². The molecule has 1 fully saturated rings. The van der Waals surface area contributed by atoms with Gasteiger partial charge in [0, 0.05) is 17.0 Å². The molecule has 4 heteroatoms. The molecule has 0 spiro atoms. The maximum absolute atomic E-state index is 11.0. The standard InChI is InChI=1S/C14H18ClNO2/c1-10-5-4-7-12(10)13(15)9-11-6-2-3-8-14(11)16(17)18/h2-3,6,8,10,12-13H,4-5,7,9H2,1H3. The third kappa shape index (κ3) is 2.83. The summed E-state index contributed by atoms with van der Waals surface area (Å²) in [6, 6.07) is 6.90. The molecule has 0 heterocycles. The number of para-hydroxylation sites is 1. The first-order valence-electron chi connectivity index (χ1n) is 6.46. The van der Waals surface area contributed by atoms with E-state index in [2.05, 4.69) is 6.92 Å². The van der Waals surface area contributed by atoms with E-state index in [4.69, 9.17) is 11.6 Å². The fraction of sp³-hybridized carbons (Fsp3) is 0.571. The van der Waals surface area contributed by atoms with Gasteiger partial charge in [0.15, 0.2) is 0 Å². The molecule has 3 unspecified atom stereocenters. The molecule has 1 aromatic carbocycles. The Bertz CT molecular complexity index is 436. The van der Waals surface area contributed by atoms with E-state index in [-0.39, 0.29) is 16.0 Å². The number of halogens is 1. The first kappa shape index (κ1) is 13.3. The number of nitrogens with zero attached hydrogens (tertiary/aromatic N) is 1. The molecule has 0 aromatic heterocycles. The van der Waals surface area contributed by atoms with Gasteiger partial charge in [-0.1, -0.05) is 38.0 Å². The molecular weight excluding hydrogens is 250 g/mol. The Labute approximate surface area is 112 Å². The molecule has 0 aliphatic heterocycles. The Balaban J connectivity index is 2.11. The maximum atomic E-state index is 11.0. The first-order valence-corrected chi connectivity index (χ1v) is 6.89. The van der Waals surface area contributed by atoms with Gasteiger partial charge in [0.25, 0.3) is 5.69 Å². The van der Waals surface area contributed by atoms with E-state index >= 15 is 0 Å². The van der Waals surface area contributed by atoms with Crippen LogP contribution in [-0.4, -0.2) is 10.3 Å². The summed E-state index contributed by atoms with van der Waals surface area (Å²) in [6.45, 7) is 2.23. The highest BCUT2D eigenvalue weighted by molar-refractivity contribution is 6.21. The van der Waals surface area contributed by atoms with E-state index in [1.54, 1.807) is 12.1 Å². The number of benzene rings is 1. The van der Waals surface area contributed by atoms with E-state index in [1.807, 2.05) is 12.1 Å². The van der Waals surface area contributed by atoms with Gasteiger partial charge in [0.05, 0.1) is 4.92 Å². The summed E-state index contributed by atoms with van der Waals surface area (Å²) in [6.07, 6.45) is 4.19. The van der Waals surface area contributed by atoms with Crippen molar-refractivity contribution < 1.29 is 4.92 Å². The normalized spacial score (nSPS) is 25.0. The van der Waals surface area contributed by atoms with Crippen molar-refractivity contribution in [1.29, 1.82) is 0 Å². The predicted molar refractivity (Wildman–Crippen MR) is 72.9 cm³/mol. The summed E-state index contributed by atoms with van der Waals surface area (Å²) in [4.78, 5) is 10.6. The second-order valence-electron chi connectivity index (χ2n) is 5.18. The minimum atomic E-state index is -0.322. The molecule has 2 rings (SSSR count). The Morgan fingerprint density at radius 1 is 1.44 bits per heavy atom. The molecule has 0 bridgehead atoms. The van der Waals surface area contributed by atoms with Crippen LogP contribution in [0.3, 0.4) is 0 Å². The summed E-state index contributed by atoms with van der Waals surface area (Å²) in [5.74, 6) is 1.13. The van der Waals surface area contributed by atoms with Crippen molar-refractivity contribution in [3.8, 4) is 0 Å². The van der Waals surface area contributed by atoms with Crippen LogP contribution in [0.5, 0.6) is 0 Å². The van der Waals surface area contributed by atoms with Gasteiger partial charge < -0.3 is 0 Å². The van der Waals surface area contributed by atoms with Crippen molar-refractivity contribution in [2.75, 3.05) is 0 Å². The van der Waals surface area contributed by atoms with Crippen molar-refractivity contribution in [3.05, 3.63) is 39.9 Å². The minimum Gasteiger partial charge on any atom is -0.258 e. The maximum Gasteiger partial charge on any atom is 0.272 e. The van der Waals surface area contributed by atoms with Gasteiger partial charge in [-0.05, 0) is 24.7 Å². The molecule has 1 aromatic rings. The van der Waals surface area contributed by atoms with Crippen molar-refractivity contribution >= 4 is 17.3 Å². The third-order valence-electron chi connectivity index (χ3n) is 4.00. The number of alkyl halides is 1. The van der Waals surface area contributed by atoms with Gasteiger partial charge in [-0.2, -0.15) is 0 Å². The average molecular weight is 268 g/mol. The zero-order valence-corrected chi connectivity index (χ0v) is 11.3. The van der Waals surface area contributed by atoms with Crippen LogP contribution in [0.2, 0.25) is 0 Å². The zero-order valence-electron chi connectivity index (χ0n) is 10.5. The Hall–Kier alpha value is -1.09. The summed E-state index contributed by atoms with van der Waals surface area (Å²) in [5, 5.41) is 11.0. The average Bonchev–Trinajstić information content (AvgIpc) is 2.76. The van der Waals surface area contributed by atoms with E-state index in [0.717, 1.165) is 12.0 Å². The van der Waals surface area contributed by atoms with Gasteiger partial charge >= 0.3 is 0 Å². The molecule has 0 saturated heterocycles. The molecule has 0 N–H and O–H groups in total. The summed E-state index contributed by atoms with van der Waals surface area (Å²) >= 11 is 6.47. The lowest BCUT2D eigenvalue weighted by Crippen LogP contribution is -2.20. The minimum absolute atomic E-state index is 0.00333. The van der Waals surface area contributed by atoms with Crippen LogP contribution >= 0.6 is 11.6 Å². The Morgan fingerprint density at radius 3 is 2.78 bits per heavy atom. The molecule has 3 atom stereocenters. The van der Waals surface area contributed by atoms with Gasteiger partial charge in [-0.3, -0.25) is 10.1 Å². The van der Waals surface area contributed by atoms with E-state index in [1.165, 1.54) is 12.8 Å². The Morgan fingerprint density at radius 2 is 2.17 bits per heavy atom. The third-order valence-corrected chi connectivity index (χ3v) is 4.47. The van der Waals surface area contributed by atoms with Crippen LogP contribution in [0.4, 0.5) is 5.69 Å². The van der Waals surface area contributed by atoms with Gasteiger partial charge in [0.2, 0.25) is 0 Å². The predicted octanol–water partition coefficient (Wildman–Crippen LogP) is 4.18. The lowest BCUT2D eigenvalue weighted by atomic mass is 9.90. The topological polar surface area (TPSA) is 43.1 Å². The van der Waals surface area contributed by atoms with Crippen LogP contribution in [0, 0.1) is 22.0 Å². The largest absolute Gasteiger partial charge is 0.272 e. The zero-order chi connectivity index (χ0) is 13.1. The van der Waals surface area contributed by atoms with Crippen LogP contribution in [-0.2, 0) is 6.42 Å². The summed E-state index contributed by atoms with van der Waals surface area (Å²) in [7, 11) is 0. The van der Waals surface area contributed by atoms with E-state index in [9.17, 15) is 10.1 Å². The lowest BCUT2D eigenvalue weighted by Gasteiger charge is -2.21. The fourth-order valence-electron chi connectivity index (χ4n) is 2.93. The highest BCUT2D eigenvalue weighted by atomic mass is 35.5. The number of hydrogen-bond donors (Lipinski definition) is 0. The quantitative estimate of drug-likeness (QED) is 0.467. The van der Waals surface area contributed by atoms with Gasteiger partial charge in [0.1, 0.15) is 0 Å². The molecule has 1 aliphatic carbocycles. The molecule has 98 valence electrons. The van der Waals surface area contributed by atoms with Crippen LogP contribution < -0.4 is 0 Å². The second kappa shape index (κ2) is 5.70. The Kier molecular flexibility index (Phi) is 4.23. The fourth-order valence-corrected chi connectivity index (χ4v) is 3.48. The molecule has 18 heavy (non-hydrogen) atoms. The van der Waals surface area contributed by atoms with Crippen molar-refractivity contribution in [2.45, 2.75) is 38.0 Å². The summed E-state index contributed by atoms with van der Waals surface area (Å²) < 4.78 is 0. The highest BCUT2D eigenvalue weighted by Crippen LogP contribution is 2.37. The lowest BCUT2D eigenvalue weighted by molar-refractivity contribution is -0.385. The summed E-state index contributed by atoms with van der Waals surface area (Å²) in [5.41, 5.74) is 0.940. The molecule has 0 radical (unpaired) electrons. The first-order chi connectivity index (χ1) is 8.59. The smallest absolute Gasteiger partial charge is 0.258 e. The van der Waals surface area contributed by atoms with Crippen molar-refractivity contribution in [3.63, 3.8) is 0 Å². The molecule has 0 amide bonds. The van der Waals surface area contributed by atoms with Crippen molar-refractivity contribution in [2.24, 2.45) is 11.8 Å². The number of rotatable bonds is 4. The molecule has 3 nitrogen and oxygen atoms in total. The molecule has 1 aliphatic rings. The highest BCUT2D eigenvalue weighted by Gasteiger charge is 2.30.